The van der Waals surface area contributed by atoms with Gasteiger partial charge in [-0.05, 0) is 55.8 Å². The van der Waals surface area contributed by atoms with Gasteiger partial charge in [-0.2, -0.15) is 0 Å². The Hall–Kier alpha value is -3.32. The largest absolute Gasteiger partial charge is 0.495 e. The van der Waals surface area contributed by atoms with E-state index in [4.69, 9.17) is 4.74 Å². The average Bonchev–Trinajstić information content (AvgIpc) is 2.70. The second-order valence-corrected chi connectivity index (χ2v) is 7.81. The van der Waals surface area contributed by atoms with Crippen LogP contribution in [0.5, 0.6) is 5.75 Å². The highest BCUT2D eigenvalue weighted by Crippen LogP contribution is 2.32. The standard InChI is InChI=1S/C23H23N3O3S/c1-14-7-10-21(15(2)12-14)30-23-18(6-5-11-24-23)22(28)26-17-8-9-20(29-4)19(13-17)25-16(3)27/h5-13H,1-4H3,(H,25,27)(H,26,28). The van der Waals surface area contributed by atoms with Crippen molar-refractivity contribution in [1.29, 1.82) is 0 Å². The summed E-state index contributed by atoms with van der Waals surface area (Å²) in [6.07, 6.45) is 1.67. The van der Waals surface area contributed by atoms with E-state index in [-0.39, 0.29) is 11.8 Å². The molecule has 2 N–H and O–H groups in total. The molecule has 0 bridgehead atoms. The molecule has 30 heavy (non-hydrogen) atoms. The minimum absolute atomic E-state index is 0.226. The van der Waals surface area contributed by atoms with Crippen LogP contribution in [0.15, 0.2) is 64.6 Å². The summed E-state index contributed by atoms with van der Waals surface area (Å²) in [6, 6.07) is 14.7. The van der Waals surface area contributed by atoms with Crippen LogP contribution in [0.2, 0.25) is 0 Å². The van der Waals surface area contributed by atoms with Gasteiger partial charge in [0.25, 0.3) is 5.91 Å². The summed E-state index contributed by atoms with van der Waals surface area (Å²) in [6.45, 7) is 5.50. The van der Waals surface area contributed by atoms with Crippen molar-refractivity contribution in [2.24, 2.45) is 0 Å². The van der Waals surface area contributed by atoms with Crippen LogP contribution in [-0.2, 0) is 4.79 Å². The molecule has 0 aliphatic carbocycles. The fraction of sp³-hybridized carbons (Fsp3) is 0.174. The summed E-state index contributed by atoms with van der Waals surface area (Å²) in [5, 5.41) is 6.20. The van der Waals surface area contributed by atoms with Gasteiger partial charge in [0.1, 0.15) is 10.8 Å². The summed E-state index contributed by atoms with van der Waals surface area (Å²) in [5.74, 6) is 0.00108. The lowest BCUT2D eigenvalue weighted by Crippen LogP contribution is -2.14. The van der Waals surface area contributed by atoms with Gasteiger partial charge in [0, 0.05) is 23.7 Å². The first kappa shape index (κ1) is 21.4. The summed E-state index contributed by atoms with van der Waals surface area (Å²) in [7, 11) is 1.52. The number of anilines is 2. The number of nitrogens with zero attached hydrogens (tertiary/aromatic N) is 1. The van der Waals surface area contributed by atoms with Crippen LogP contribution >= 0.6 is 11.8 Å². The average molecular weight is 422 g/mol. The molecule has 7 heteroatoms. The number of benzene rings is 2. The third-order valence-electron chi connectivity index (χ3n) is 4.32. The predicted octanol–water partition coefficient (Wildman–Crippen LogP) is 5.07. The van der Waals surface area contributed by atoms with Crippen LogP contribution in [0.1, 0.15) is 28.4 Å². The molecule has 1 aromatic heterocycles. The first-order chi connectivity index (χ1) is 14.4. The molecule has 2 amide bonds. The number of carbonyl (C=O) groups is 2. The van der Waals surface area contributed by atoms with Crippen LogP contribution in [0.25, 0.3) is 0 Å². The molecular weight excluding hydrogens is 398 g/mol. The van der Waals surface area contributed by atoms with Crippen LogP contribution in [-0.4, -0.2) is 23.9 Å². The van der Waals surface area contributed by atoms with E-state index in [1.807, 2.05) is 26.0 Å². The van der Waals surface area contributed by atoms with E-state index >= 15 is 0 Å². The lowest BCUT2D eigenvalue weighted by molar-refractivity contribution is -0.114. The zero-order chi connectivity index (χ0) is 21.7. The summed E-state index contributed by atoms with van der Waals surface area (Å²) in [5.41, 5.74) is 3.81. The second kappa shape index (κ2) is 9.45. The Labute approximate surface area is 180 Å². The normalized spacial score (nSPS) is 10.4. The number of pyridine rings is 1. The number of hydrogen-bond acceptors (Lipinski definition) is 5. The Morgan fingerprint density at radius 2 is 1.83 bits per heavy atom. The molecule has 1 heterocycles. The lowest BCUT2D eigenvalue weighted by atomic mass is 10.2. The van der Waals surface area contributed by atoms with Gasteiger partial charge in [0.05, 0.1) is 18.4 Å². The second-order valence-electron chi connectivity index (χ2n) is 6.78. The summed E-state index contributed by atoms with van der Waals surface area (Å²) in [4.78, 5) is 29.9. The first-order valence-corrected chi connectivity index (χ1v) is 10.2. The van der Waals surface area contributed by atoms with Gasteiger partial charge in [-0.25, -0.2) is 4.98 Å². The fourth-order valence-electron chi connectivity index (χ4n) is 2.93. The first-order valence-electron chi connectivity index (χ1n) is 9.34. The molecule has 0 atom stereocenters. The third-order valence-corrected chi connectivity index (χ3v) is 5.52. The molecule has 0 radical (unpaired) electrons. The smallest absolute Gasteiger partial charge is 0.258 e. The SMILES string of the molecule is COc1ccc(NC(=O)c2cccnc2Sc2ccc(C)cc2C)cc1NC(C)=O. The van der Waals surface area contributed by atoms with Gasteiger partial charge in [-0.1, -0.05) is 29.5 Å². The van der Waals surface area contributed by atoms with Gasteiger partial charge in [-0.15, -0.1) is 0 Å². The molecule has 0 saturated carbocycles. The third kappa shape index (κ3) is 5.18. The van der Waals surface area contributed by atoms with Gasteiger partial charge in [0.2, 0.25) is 5.91 Å². The number of hydrogen-bond donors (Lipinski definition) is 2. The number of aromatic nitrogens is 1. The number of rotatable bonds is 6. The molecule has 0 unspecified atom stereocenters. The Morgan fingerprint density at radius 1 is 1.03 bits per heavy atom. The van der Waals surface area contributed by atoms with Gasteiger partial charge >= 0.3 is 0 Å². The van der Waals surface area contributed by atoms with E-state index in [0.717, 1.165) is 10.5 Å². The van der Waals surface area contributed by atoms with Crippen LogP contribution < -0.4 is 15.4 Å². The van der Waals surface area contributed by atoms with Crippen molar-refractivity contribution in [3.63, 3.8) is 0 Å². The van der Waals surface area contributed by atoms with Crippen molar-refractivity contribution in [3.8, 4) is 5.75 Å². The van der Waals surface area contributed by atoms with Crippen molar-refractivity contribution in [3.05, 3.63) is 71.4 Å². The van der Waals surface area contributed by atoms with E-state index in [9.17, 15) is 9.59 Å². The van der Waals surface area contributed by atoms with Crippen molar-refractivity contribution in [2.75, 3.05) is 17.7 Å². The quantitative estimate of drug-likeness (QED) is 0.581. The van der Waals surface area contributed by atoms with E-state index in [1.165, 1.54) is 31.4 Å². The van der Waals surface area contributed by atoms with Crippen molar-refractivity contribution >= 4 is 35.0 Å². The van der Waals surface area contributed by atoms with Crippen LogP contribution in [0, 0.1) is 13.8 Å². The number of carbonyl (C=O) groups excluding carboxylic acids is 2. The number of ether oxygens (including phenoxy) is 1. The van der Waals surface area contributed by atoms with Gasteiger partial charge in [0.15, 0.2) is 0 Å². The van der Waals surface area contributed by atoms with E-state index in [1.54, 1.807) is 36.5 Å². The topological polar surface area (TPSA) is 80.3 Å². The van der Waals surface area contributed by atoms with E-state index in [0.29, 0.717) is 27.7 Å². The Bertz CT molecular complexity index is 1100. The highest BCUT2D eigenvalue weighted by Gasteiger charge is 2.16. The zero-order valence-corrected chi connectivity index (χ0v) is 18.1. The number of nitrogens with one attached hydrogen (secondary N) is 2. The molecule has 0 fully saturated rings. The Balaban J connectivity index is 1.85. The lowest BCUT2D eigenvalue weighted by Gasteiger charge is -2.13. The Kier molecular flexibility index (Phi) is 6.74. The number of aryl methyl sites for hydroxylation is 2. The molecule has 3 aromatic rings. The van der Waals surface area contributed by atoms with Gasteiger partial charge < -0.3 is 15.4 Å². The fourth-order valence-corrected chi connectivity index (χ4v) is 3.88. The van der Waals surface area contributed by atoms with Crippen molar-refractivity contribution < 1.29 is 14.3 Å². The predicted molar refractivity (Wildman–Crippen MR) is 120 cm³/mol. The number of amides is 2. The summed E-state index contributed by atoms with van der Waals surface area (Å²) < 4.78 is 5.26. The molecule has 0 aliphatic rings. The molecule has 0 aliphatic heterocycles. The maximum Gasteiger partial charge on any atom is 0.258 e. The zero-order valence-electron chi connectivity index (χ0n) is 17.3. The highest BCUT2D eigenvalue weighted by molar-refractivity contribution is 7.99. The van der Waals surface area contributed by atoms with Gasteiger partial charge in [-0.3, -0.25) is 9.59 Å². The molecule has 2 aromatic carbocycles. The van der Waals surface area contributed by atoms with Crippen molar-refractivity contribution in [1.82, 2.24) is 4.98 Å². The summed E-state index contributed by atoms with van der Waals surface area (Å²) >= 11 is 1.46. The highest BCUT2D eigenvalue weighted by atomic mass is 32.2. The monoisotopic (exact) mass is 421 g/mol. The maximum atomic E-state index is 13.0. The molecule has 0 spiro atoms. The van der Waals surface area contributed by atoms with Crippen LogP contribution in [0.3, 0.4) is 0 Å². The van der Waals surface area contributed by atoms with Crippen LogP contribution in [0.4, 0.5) is 11.4 Å². The molecule has 154 valence electrons. The maximum absolute atomic E-state index is 13.0. The minimum atomic E-state index is -0.283. The van der Waals surface area contributed by atoms with Crippen molar-refractivity contribution in [2.45, 2.75) is 30.7 Å². The molecule has 3 rings (SSSR count). The van der Waals surface area contributed by atoms with E-state index < -0.39 is 0 Å². The van der Waals surface area contributed by atoms with E-state index in [2.05, 4.69) is 21.7 Å². The molecule has 6 nitrogen and oxygen atoms in total. The number of methoxy groups -OCH3 is 1. The molecular formula is C23H23N3O3S. The Morgan fingerprint density at radius 3 is 2.53 bits per heavy atom. The minimum Gasteiger partial charge on any atom is -0.495 e. The molecule has 0 saturated heterocycles.